The molecule has 2 aromatic rings. The molecule has 2 rings (SSSR count). The number of aromatic hydroxyl groups is 1. The Morgan fingerprint density at radius 3 is 2.53 bits per heavy atom. The third-order valence-electron chi connectivity index (χ3n) is 2.52. The highest BCUT2D eigenvalue weighted by Gasteiger charge is 2.09. The molecule has 0 saturated heterocycles. The van der Waals surface area contributed by atoms with E-state index >= 15 is 0 Å². The van der Waals surface area contributed by atoms with Gasteiger partial charge < -0.3 is 10.4 Å². The minimum atomic E-state index is -0.767. The van der Waals surface area contributed by atoms with Gasteiger partial charge in [0.1, 0.15) is 23.2 Å². The lowest BCUT2D eigenvalue weighted by Gasteiger charge is -2.10. The van der Waals surface area contributed by atoms with Crippen LogP contribution in [0.5, 0.6) is 5.75 Å². The summed E-state index contributed by atoms with van der Waals surface area (Å²) in [5.41, 5.74) is 0.330. The number of nitrogens with one attached hydrogen (secondary N) is 1. The number of phenolic OH excluding ortho intramolecular Hbond substituents is 1. The first-order valence-corrected chi connectivity index (χ1v) is 6.12. The summed E-state index contributed by atoms with van der Waals surface area (Å²) in [6, 6.07) is 5.44. The van der Waals surface area contributed by atoms with Crippen LogP contribution in [0.4, 0.5) is 18.9 Å². The lowest BCUT2D eigenvalue weighted by Crippen LogP contribution is -2.03. The van der Waals surface area contributed by atoms with Gasteiger partial charge in [0.2, 0.25) is 0 Å². The van der Waals surface area contributed by atoms with Gasteiger partial charge in [0.25, 0.3) is 0 Å². The van der Waals surface area contributed by atoms with E-state index in [1.807, 2.05) is 0 Å². The normalized spacial score (nSPS) is 10.5. The molecule has 0 aliphatic carbocycles. The first-order chi connectivity index (χ1) is 8.97. The molecule has 0 unspecified atom stereocenters. The van der Waals surface area contributed by atoms with Crippen LogP contribution in [0.3, 0.4) is 0 Å². The van der Waals surface area contributed by atoms with E-state index < -0.39 is 17.5 Å². The highest BCUT2D eigenvalue weighted by Crippen LogP contribution is 2.25. The zero-order valence-corrected chi connectivity index (χ0v) is 11.1. The van der Waals surface area contributed by atoms with Gasteiger partial charge in [-0.15, -0.1) is 0 Å². The molecule has 0 radical (unpaired) electrons. The van der Waals surface area contributed by atoms with Crippen molar-refractivity contribution in [1.29, 1.82) is 0 Å². The highest BCUT2D eigenvalue weighted by molar-refractivity contribution is 9.10. The van der Waals surface area contributed by atoms with Gasteiger partial charge in [-0.2, -0.15) is 0 Å². The lowest BCUT2D eigenvalue weighted by molar-refractivity contribution is 0.466. The fourth-order valence-corrected chi connectivity index (χ4v) is 1.89. The first kappa shape index (κ1) is 13.7. The molecule has 6 heteroatoms. The van der Waals surface area contributed by atoms with Crippen molar-refractivity contribution in [3.63, 3.8) is 0 Å². The lowest BCUT2D eigenvalue weighted by atomic mass is 10.2. The fraction of sp³-hybridized carbons (Fsp3) is 0.0769. The van der Waals surface area contributed by atoms with E-state index in [1.165, 1.54) is 12.1 Å². The van der Waals surface area contributed by atoms with Gasteiger partial charge in [-0.25, -0.2) is 13.2 Å². The smallest absolute Gasteiger partial charge is 0.149 e. The van der Waals surface area contributed by atoms with Gasteiger partial charge in [0, 0.05) is 18.2 Å². The molecule has 0 aliphatic heterocycles. The largest absolute Gasteiger partial charge is 0.508 e. The van der Waals surface area contributed by atoms with Crippen molar-refractivity contribution in [2.24, 2.45) is 0 Å². The van der Waals surface area contributed by atoms with Crippen LogP contribution in [0.1, 0.15) is 5.56 Å². The molecule has 0 spiro atoms. The summed E-state index contributed by atoms with van der Waals surface area (Å²) in [6.07, 6.45) is 0. The van der Waals surface area contributed by atoms with Gasteiger partial charge in [0.15, 0.2) is 0 Å². The summed E-state index contributed by atoms with van der Waals surface area (Å²) in [7, 11) is 0. The molecule has 0 aromatic heterocycles. The van der Waals surface area contributed by atoms with Crippen LogP contribution in [0.2, 0.25) is 0 Å². The number of hydrogen-bond acceptors (Lipinski definition) is 2. The maximum Gasteiger partial charge on any atom is 0.149 e. The van der Waals surface area contributed by atoms with Crippen LogP contribution in [0, 0.1) is 17.5 Å². The van der Waals surface area contributed by atoms with Crippen molar-refractivity contribution in [1.82, 2.24) is 0 Å². The van der Waals surface area contributed by atoms with Crippen molar-refractivity contribution < 1.29 is 18.3 Å². The van der Waals surface area contributed by atoms with E-state index in [-0.39, 0.29) is 28.0 Å². The summed E-state index contributed by atoms with van der Waals surface area (Å²) < 4.78 is 39.6. The second-order valence-electron chi connectivity index (χ2n) is 3.87. The Kier molecular flexibility index (Phi) is 3.99. The molecule has 0 fully saturated rings. The number of hydrogen-bond donors (Lipinski definition) is 2. The standard InChI is InChI=1S/C13H9BrF3NO/c14-9-4-12(11(17)5-10(9)16)18-6-7-3-8(15)1-2-13(7)19/h1-5,18-19H,6H2. The third kappa shape index (κ3) is 3.20. The Bertz CT molecular complexity index is 619. The molecule has 2 N–H and O–H groups in total. The maximum atomic E-state index is 13.5. The van der Waals surface area contributed by atoms with Crippen LogP contribution in [0.15, 0.2) is 34.8 Å². The number of phenols is 1. The average molecular weight is 332 g/mol. The zero-order chi connectivity index (χ0) is 14.0. The van der Waals surface area contributed by atoms with E-state index in [0.29, 0.717) is 0 Å². The van der Waals surface area contributed by atoms with E-state index in [4.69, 9.17) is 0 Å². The summed E-state index contributed by atoms with van der Waals surface area (Å²) in [6.45, 7) is 0.0125. The average Bonchev–Trinajstić information content (AvgIpc) is 2.36. The Labute approximate surface area is 116 Å². The maximum absolute atomic E-state index is 13.5. The molecule has 0 bridgehead atoms. The second-order valence-corrected chi connectivity index (χ2v) is 4.73. The van der Waals surface area contributed by atoms with Crippen LogP contribution < -0.4 is 5.32 Å². The van der Waals surface area contributed by atoms with Gasteiger partial charge in [-0.05, 0) is 40.2 Å². The van der Waals surface area contributed by atoms with Crippen molar-refractivity contribution >= 4 is 21.6 Å². The second kappa shape index (κ2) is 5.52. The first-order valence-electron chi connectivity index (χ1n) is 5.33. The van der Waals surface area contributed by atoms with E-state index in [9.17, 15) is 18.3 Å². The number of benzene rings is 2. The third-order valence-corrected chi connectivity index (χ3v) is 3.13. The van der Waals surface area contributed by atoms with Gasteiger partial charge in [-0.3, -0.25) is 0 Å². The van der Waals surface area contributed by atoms with Crippen molar-refractivity contribution in [3.05, 3.63) is 57.8 Å². The van der Waals surface area contributed by atoms with Crippen LogP contribution in [-0.2, 0) is 6.54 Å². The van der Waals surface area contributed by atoms with E-state index in [1.54, 1.807) is 0 Å². The molecular weight excluding hydrogens is 323 g/mol. The van der Waals surface area contributed by atoms with Crippen molar-refractivity contribution in [2.45, 2.75) is 6.54 Å². The van der Waals surface area contributed by atoms with Crippen molar-refractivity contribution in [2.75, 3.05) is 5.32 Å². The molecule has 2 aromatic carbocycles. The number of anilines is 1. The van der Waals surface area contributed by atoms with Gasteiger partial charge >= 0.3 is 0 Å². The molecule has 2 nitrogen and oxygen atoms in total. The molecule has 0 heterocycles. The van der Waals surface area contributed by atoms with E-state index in [0.717, 1.165) is 18.2 Å². The summed E-state index contributed by atoms with van der Waals surface area (Å²) in [5, 5.41) is 12.2. The van der Waals surface area contributed by atoms with Gasteiger partial charge in [-0.1, -0.05) is 0 Å². The Hall–Kier alpha value is -1.69. The molecule has 19 heavy (non-hydrogen) atoms. The molecule has 0 amide bonds. The molecule has 0 aliphatic rings. The predicted molar refractivity (Wildman–Crippen MR) is 69.4 cm³/mol. The SMILES string of the molecule is Oc1ccc(F)cc1CNc1cc(Br)c(F)cc1F. The fourth-order valence-electron chi connectivity index (χ4n) is 1.54. The zero-order valence-electron chi connectivity index (χ0n) is 9.55. The van der Waals surface area contributed by atoms with Gasteiger partial charge in [0.05, 0.1) is 10.2 Å². The van der Waals surface area contributed by atoms with E-state index in [2.05, 4.69) is 21.2 Å². The molecule has 100 valence electrons. The minimum absolute atomic E-state index is 0.0125. The van der Waals surface area contributed by atoms with Crippen LogP contribution in [-0.4, -0.2) is 5.11 Å². The summed E-state index contributed by atoms with van der Waals surface area (Å²) in [5.74, 6) is -2.08. The Balaban J connectivity index is 2.19. The highest BCUT2D eigenvalue weighted by atomic mass is 79.9. The Morgan fingerprint density at radius 1 is 1.05 bits per heavy atom. The predicted octanol–water partition coefficient (Wildman–Crippen LogP) is 4.18. The Morgan fingerprint density at radius 2 is 1.79 bits per heavy atom. The van der Waals surface area contributed by atoms with Crippen molar-refractivity contribution in [3.8, 4) is 5.75 Å². The van der Waals surface area contributed by atoms with Crippen LogP contribution in [0.25, 0.3) is 0 Å². The van der Waals surface area contributed by atoms with Crippen LogP contribution >= 0.6 is 15.9 Å². The minimum Gasteiger partial charge on any atom is -0.508 e. The number of rotatable bonds is 3. The monoisotopic (exact) mass is 331 g/mol. The molecule has 0 atom stereocenters. The summed E-state index contributed by atoms with van der Waals surface area (Å²) >= 11 is 2.94. The topological polar surface area (TPSA) is 32.3 Å². The summed E-state index contributed by atoms with van der Waals surface area (Å²) in [4.78, 5) is 0. The quantitative estimate of drug-likeness (QED) is 0.827. The molecular formula is C13H9BrF3NO. The number of halogens is 4. The molecule has 0 saturated carbocycles.